The number of amides is 2. The van der Waals surface area contributed by atoms with E-state index in [2.05, 4.69) is 31.6 Å². The summed E-state index contributed by atoms with van der Waals surface area (Å²) in [5.41, 5.74) is 0.497. The molecule has 1 aliphatic heterocycles. The van der Waals surface area contributed by atoms with Crippen molar-refractivity contribution in [3.05, 3.63) is 29.6 Å². The van der Waals surface area contributed by atoms with Crippen molar-refractivity contribution in [1.82, 2.24) is 31.6 Å². The SMILES string of the molecule is O=C1NCCNCCNCCNCCNC(=O)c2cccc1n2.[H+].[H+].[H+]. The zero-order valence-corrected chi connectivity index (χ0v) is 13.2. The third-order valence-corrected chi connectivity index (χ3v) is 3.35. The summed E-state index contributed by atoms with van der Waals surface area (Å²) in [6, 6.07) is 4.87. The molecule has 0 atom stereocenters. The first-order valence-corrected chi connectivity index (χ1v) is 7.93. The van der Waals surface area contributed by atoms with Gasteiger partial charge in [0.1, 0.15) is 11.4 Å². The van der Waals surface area contributed by atoms with Crippen LogP contribution in [-0.4, -0.2) is 69.2 Å². The molecule has 2 amide bonds. The van der Waals surface area contributed by atoms with Crippen LogP contribution in [0.25, 0.3) is 0 Å². The summed E-state index contributed by atoms with van der Waals surface area (Å²) in [5.74, 6) is -0.551. The second kappa shape index (κ2) is 9.88. The number of hydrogen-bond acceptors (Lipinski definition) is 6. The van der Waals surface area contributed by atoms with Gasteiger partial charge in [-0.3, -0.25) is 9.59 Å². The van der Waals surface area contributed by atoms with E-state index >= 15 is 0 Å². The molecule has 2 rings (SSSR count). The highest BCUT2D eigenvalue weighted by atomic mass is 16.2. The molecule has 8 nitrogen and oxygen atoms in total. The zero-order chi connectivity index (χ0) is 16.3. The van der Waals surface area contributed by atoms with Crippen molar-refractivity contribution in [1.29, 1.82) is 0 Å². The number of nitrogens with one attached hydrogen (secondary N) is 5. The highest BCUT2D eigenvalue weighted by Crippen LogP contribution is 1.99. The number of hydrogen-bond donors (Lipinski definition) is 5. The van der Waals surface area contributed by atoms with E-state index in [1.807, 2.05) is 0 Å². The third kappa shape index (κ3) is 6.31. The molecule has 8 heteroatoms. The average Bonchev–Trinajstić information content (AvgIpc) is 2.58. The lowest BCUT2D eigenvalue weighted by Crippen LogP contribution is -2.38. The number of aromatic nitrogens is 1. The fraction of sp³-hybridized carbons (Fsp3) is 0.533. The van der Waals surface area contributed by atoms with E-state index < -0.39 is 0 Å². The van der Waals surface area contributed by atoms with Gasteiger partial charge in [-0.2, -0.15) is 0 Å². The second-order valence-corrected chi connectivity index (χ2v) is 5.17. The summed E-state index contributed by atoms with van der Waals surface area (Å²) in [6.45, 7) is 5.83. The third-order valence-electron chi connectivity index (χ3n) is 3.35. The van der Waals surface area contributed by atoms with Crippen molar-refractivity contribution >= 4 is 11.8 Å². The highest BCUT2D eigenvalue weighted by molar-refractivity contribution is 5.96. The van der Waals surface area contributed by atoms with Gasteiger partial charge in [0, 0.05) is 52.4 Å². The van der Waals surface area contributed by atoms with Crippen molar-refractivity contribution in [2.24, 2.45) is 0 Å². The van der Waals surface area contributed by atoms with Gasteiger partial charge in [0.25, 0.3) is 11.8 Å². The minimum absolute atomic E-state index is 0. The first kappa shape index (κ1) is 17.3. The van der Waals surface area contributed by atoms with Crippen LogP contribution in [-0.2, 0) is 0 Å². The predicted molar refractivity (Wildman–Crippen MR) is 90.8 cm³/mol. The van der Waals surface area contributed by atoms with E-state index in [9.17, 15) is 9.59 Å². The smallest absolute Gasteiger partial charge is 0.349 e. The molecule has 2 bridgehead atoms. The molecule has 0 radical (unpaired) electrons. The maximum absolute atomic E-state index is 12.0. The molecule has 1 aliphatic rings. The zero-order valence-electron chi connectivity index (χ0n) is 16.2. The van der Waals surface area contributed by atoms with Gasteiger partial charge >= 0.3 is 4.28 Å². The topological polar surface area (TPSA) is 107 Å². The first-order chi connectivity index (χ1) is 11.3. The van der Waals surface area contributed by atoms with E-state index in [4.69, 9.17) is 0 Å². The van der Waals surface area contributed by atoms with Crippen LogP contribution in [0.1, 0.15) is 25.3 Å². The molecular formula is C15H27N6O2+3. The first-order valence-electron chi connectivity index (χ1n) is 7.93. The van der Waals surface area contributed by atoms with Crippen LogP contribution in [0.4, 0.5) is 0 Å². The van der Waals surface area contributed by atoms with Crippen LogP contribution in [0, 0.1) is 0 Å². The Morgan fingerprint density at radius 2 is 1.09 bits per heavy atom. The van der Waals surface area contributed by atoms with E-state index in [0.717, 1.165) is 26.2 Å². The molecule has 0 saturated heterocycles. The summed E-state index contributed by atoms with van der Waals surface area (Å²) in [4.78, 5) is 28.2. The molecule has 5 N–H and O–H groups in total. The van der Waals surface area contributed by atoms with Crippen molar-refractivity contribution in [3.63, 3.8) is 0 Å². The van der Waals surface area contributed by atoms with Gasteiger partial charge in [0.2, 0.25) is 0 Å². The fourth-order valence-electron chi connectivity index (χ4n) is 2.13. The van der Waals surface area contributed by atoms with Crippen molar-refractivity contribution < 1.29 is 13.9 Å². The molecule has 1 aromatic heterocycles. The Balaban J connectivity index is 0. The van der Waals surface area contributed by atoms with Crippen LogP contribution in [0.3, 0.4) is 0 Å². The monoisotopic (exact) mass is 323 g/mol. The van der Waals surface area contributed by atoms with Crippen LogP contribution < -0.4 is 26.6 Å². The molecule has 0 unspecified atom stereocenters. The molecule has 23 heavy (non-hydrogen) atoms. The number of pyridine rings is 1. The standard InChI is InChI=1S/C15H24N6O2/c22-14-12-2-1-3-13(21-12)15(23)20-11-9-18-7-5-16-4-6-17-8-10-19-14/h1-3,16-18H,4-11H2,(H,19,22)(H,20,23)/p+3. The molecule has 0 aliphatic carbocycles. The van der Waals surface area contributed by atoms with Gasteiger partial charge in [0.05, 0.1) is 0 Å². The number of fused-ring (bicyclic) bond motifs is 2. The summed E-state index contributed by atoms with van der Waals surface area (Å²) in [5, 5.41) is 15.4. The average molecular weight is 323 g/mol. The normalized spacial score (nSPS) is 19.1. The minimum atomic E-state index is -0.276. The largest absolute Gasteiger partial charge is 1.00 e. The Morgan fingerprint density at radius 1 is 0.696 bits per heavy atom. The lowest BCUT2D eigenvalue weighted by Gasteiger charge is -2.10. The molecule has 0 aromatic carbocycles. The Kier molecular flexibility index (Phi) is 7.44. The van der Waals surface area contributed by atoms with E-state index in [-0.39, 0.29) is 27.5 Å². The van der Waals surface area contributed by atoms with Gasteiger partial charge in [-0.15, -0.1) is 0 Å². The van der Waals surface area contributed by atoms with Crippen molar-refractivity contribution in [2.45, 2.75) is 0 Å². The summed E-state index contributed by atoms with van der Waals surface area (Å²) in [6.07, 6.45) is 0. The Labute approximate surface area is 140 Å². The number of carbonyl (C=O) groups is 2. The Hall–Kier alpha value is -2.03. The highest BCUT2D eigenvalue weighted by Gasteiger charge is 2.11. The van der Waals surface area contributed by atoms with Gasteiger partial charge < -0.3 is 26.6 Å². The predicted octanol–water partition coefficient (Wildman–Crippen LogP) is -1.34. The van der Waals surface area contributed by atoms with Crippen LogP contribution >= 0.6 is 0 Å². The van der Waals surface area contributed by atoms with E-state index in [1.54, 1.807) is 18.2 Å². The van der Waals surface area contributed by atoms with Gasteiger partial charge in [-0.05, 0) is 12.1 Å². The quantitative estimate of drug-likeness (QED) is 0.405. The molecular weight excluding hydrogens is 296 g/mol. The van der Waals surface area contributed by atoms with Crippen LogP contribution in [0.15, 0.2) is 18.2 Å². The summed E-state index contributed by atoms with van der Waals surface area (Å²) >= 11 is 0. The van der Waals surface area contributed by atoms with Crippen LogP contribution in [0.5, 0.6) is 0 Å². The number of carbonyl (C=O) groups excluding carboxylic acids is 2. The molecule has 0 spiro atoms. The Bertz CT molecular complexity index is 495. The molecule has 1 aromatic rings. The summed E-state index contributed by atoms with van der Waals surface area (Å²) < 4.78 is 0. The molecule has 0 fully saturated rings. The van der Waals surface area contributed by atoms with E-state index in [1.165, 1.54) is 0 Å². The van der Waals surface area contributed by atoms with Crippen LogP contribution in [0.2, 0.25) is 0 Å². The maximum Gasteiger partial charge on any atom is 1.00 e. The van der Waals surface area contributed by atoms with Crippen molar-refractivity contribution in [3.8, 4) is 0 Å². The number of nitrogens with zero attached hydrogens (tertiary/aromatic N) is 1. The molecule has 2 heterocycles. The lowest BCUT2D eigenvalue weighted by molar-refractivity contribution is 0.0944. The maximum atomic E-state index is 12.0. The molecule has 0 saturated carbocycles. The fourth-order valence-corrected chi connectivity index (χ4v) is 2.13. The minimum Gasteiger partial charge on any atom is -0.349 e. The molecule has 126 valence electrons. The van der Waals surface area contributed by atoms with Gasteiger partial charge in [0.15, 0.2) is 0 Å². The summed E-state index contributed by atoms with van der Waals surface area (Å²) in [7, 11) is 0. The van der Waals surface area contributed by atoms with Crippen molar-refractivity contribution in [2.75, 3.05) is 52.4 Å². The number of rotatable bonds is 0. The van der Waals surface area contributed by atoms with E-state index in [0.29, 0.717) is 26.2 Å². The van der Waals surface area contributed by atoms with Gasteiger partial charge in [-0.25, -0.2) is 4.98 Å². The lowest BCUT2D eigenvalue weighted by atomic mass is 10.2. The van der Waals surface area contributed by atoms with Gasteiger partial charge in [-0.1, -0.05) is 6.07 Å². The second-order valence-electron chi connectivity index (χ2n) is 5.17. The Morgan fingerprint density at radius 3 is 1.52 bits per heavy atom.